The van der Waals surface area contributed by atoms with E-state index in [0.29, 0.717) is 23.1 Å². The lowest BCUT2D eigenvalue weighted by atomic mass is 10.2. The first-order chi connectivity index (χ1) is 9.24. The molecular weight excluding hydrogens is 317 g/mol. The molecule has 1 aromatic carbocycles. The summed E-state index contributed by atoms with van der Waals surface area (Å²) in [5.41, 5.74) is 1.06. The second-order valence-electron chi connectivity index (χ2n) is 4.01. The van der Waals surface area contributed by atoms with Gasteiger partial charge in [0.15, 0.2) is 11.5 Å². The molecule has 2 rings (SSSR count). The van der Waals surface area contributed by atoms with Crippen LogP contribution < -0.4 is 14.8 Å². The Bertz CT molecular complexity index is 532. The van der Waals surface area contributed by atoms with Gasteiger partial charge in [-0.15, -0.1) is 23.7 Å². The number of rotatable bonds is 6. The van der Waals surface area contributed by atoms with Crippen LogP contribution in [0.25, 0.3) is 0 Å². The van der Waals surface area contributed by atoms with Crippen molar-refractivity contribution >= 4 is 35.3 Å². The molecule has 6 heteroatoms. The maximum Gasteiger partial charge on any atom is 0.180 e. The van der Waals surface area contributed by atoms with Crippen LogP contribution in [0.3, 0.4) is 0 Å². The number of ether oxygens (including phenoxy) is 2. The van der Waals surface area contributed by atoms with Gasteiger partial charge >= 0.3 is 0 Å². The van der Waals surface area contributed by atoms with E-state index in [1.54, 1.807) is 18.4 Å². The lowest BCUT2D eigenvalue weighted by Crippen LogP contribution is -2.06. The summed E-state index contributed by atoms with van der Waals surface area (Å²) >= 11 is 7.91. The van der Waals surface area contributed by atoms with E-state index in [1.165, 1.54) is 0 Å². The summed E-state index contributed by atoms with van der Waals surface area (Å²) in [5.74, 6) is 1.26. The van der Waals surface area contributed by atoms with Crippen molar-refractivity contribution in [2.45, 2.75) is 13.2 Å². The van der Waals surface area contributed by atoms with Crippen molar-refractivity contribution in [1.82, 2.24) is 5.32 Å². The van der Waals surface area contributed by atoms with E-state index < -0.39 is 0 Å². The quantitative estimate of drug-likeness (QED) is 0.862. The Kier molecular flexibility index (Phi) is 7.16. The van der Waals surface area contributed by atoms with Crippen LogP contribution in [0.2, 0.25) is 5.02 Å². The predicted molar refractivity (Wildman–Crippen MR) is 86.7 cm³/mol. The third-order valence-corrected chi connectivity index (χ3v) is 3.74. The Balaban J connectivity index is 0.00000200. The Hall–Kier alpha value is -0.940. The average molecular weight is 334 g/mol. The van der Waals surface area contributed by atoms with Gasteiger partial charge in [0.25, 0.3) is 0 Å². The van der Waals surface area contributed by atoms with Gasteiger partial charge < -0.3 is 14.8 Å². The molecule has 0 fully saturated rings. The predicted octanol–water partition coefficient (Wildman–Crippen LogP) is 4.13. The molecule has 0 spiro atoms. The molecule has 0 aliphatic heterocycles. The SMILES string of the molecule is CNCc1cc(Cl)c(OCc2cccs2)c(OC)c1.Cl. The zero-order valence-corrected chi connectivity index (χ0v) is 13.7. The van der Waals surface area contributed by atoms with Crippen molar-refractivity contribution in [3.05, 3.63) is 45.1 Å². The van der Waals surface area contributed by atoms with Crippen molar-refractivity contribution in [2.75, 3.05) is 14.2 Å². The largest absolute Gasteiger partial charge is 0.493 e. The van der Waals surface area contributed by atoms with Crippen LogP contribution in [-0.2, 0) is 13.2 Å². The van der Waals surface area contributed by atoms with E-state index in [4.69, 9.17) is 21.1 Å². The first-order valence-corrected chi connectivity index (χ1v) is 7.16. The Labute approximate surface area is 134 Å². The number of thiophene rings is 1. The monoisotopic (exact) mass is 333 g/mol. The number of hydrogen-bond acceptors (Lipinski definition) is 4. The van der Waals surface area contributed by atoms with Gasteiger partial charge in [-0.05, 0) is 36.2 Å². The number of methoxy groups -OCH3 is 1. The molecule has 0 aliphatic carbocycles. The smallest absolute Gasteiger partial charge is 0.180 e. The first-order valence-electron chi connectivity index (χ1n) is 5.90. The van der Waals surface area contributed by atoms with Gasteiger partial charge in [-0.25, -0.2) is 0 Å². The van der Waals surface area contributed by atoms with Crippen LogP contribution in [-0.4, -0.2) is 14.2 Å². The molecule has 20 heavy (non-hydrogen) atoms. The average Bonchev–Trinajstić information content (AvgIpc) is 2.90. The molecule has 0 saturated heterocycles. The molecule has 0 unspecified atom stereocenters. The molecule has 0 amide bonds. The van der Waals surface area contributed by atoms with Gasteiger partial charge in [0.05, 0.1) is 12.1 Å². The Morgan fingerprint density at radius 3 is 2.75 bits per heavy atom. The van der Waals surface area contributed by atoms with E-state index in [9.17, 15) is 0 Å². The van der Waals surface area contributed by atoms with Crippen LogP contribution in [0.4, 0.5) is 0 Å². The summed E-state index contributed by atoms with van der Waals surface area (Å²) in [4.78, 5) is 1.15. The van der Waals surface area contributed by atoms with Crippen molar-refractivity contribution in [3.63, 3.8) is 0 Å². The van der Waals surface area contributed by atoms with E-state index in [0.717, 1.165) is 17.0 Å². The molecule has 0 bridgehead atoms. The minimum absolute atomic E-state index is 0. The molecule has 1 heterocycles. The minimum atomic E-state index is 0. The lowest BCUT2D eigenvalue weighted by Gasteiger charge is -2.13. The van der Waals surface area contributed by atoms with Gasteiger partial charge in [0.2, 0.25) is 0 Å². The molecule has 0 radical (unpaired) electrons. The molecule has 0 atom stereocenters. The van der Waals surface area contributed by atoms with Crippen LogP contribution >= 0.6 is 35.3 Å². The van der Waals surface area contributed by atoms with E-state index in [1.807, 2.05) is 36.7 Å². The van der Waals surface area contributed by atoms with Gasteiger partial charge in [0.1, 0.15) is 6.61 Å². The number of hydrogen-bond donors (Lipinski definition) is 1. The summed E-state index contributed by atoms with van der Waals surface area (Å²) in [6.07, 6.45) is 0. The molecule has 1 N–H and O–H groups in total. The van der Waals surface area contributed by atoms with E-state index >= 15 is 0 Å². The summed E-state index contributed by atoms with van der Waals surface area (Å²) < 4.78 is 11.1. The maximum atomic E-state index is 6.26. The van der Waals surface area contributed by atoms with E-state index in [-0.39, 0.29) is 12.4 Å². The summed E-state index contributed by atoms with van der Waals surface area (Å²) in [7, 11) is 3.51. The van der Waals surface area contributed by atoms with Gasteiger partial charge in [-0.1, -0.05) is 17.7 Å². The van der Waals surface area contributed by atoms with Gasteiger partial charge in [0, 0.05) is 11.4 Å². The fourth-order valence-electron chi connectivity index (χ4n) is 1.76. The normalized spacial score (nSPS) is 9.95. The molecule has 3 nitrogen and oxygen atoms in total. The summed E-state index contributed by atoms with van der Waals surface area (Å²) in [6.45, 7) is 1.24. The highest BCUT2D eigenvalue weighted by Gasteiger charge is 2.12. The van der Waals surface area contributed by atoms with Crippen LogP contribution in [0.15, 0.2) is 29.6 Å². The Morgan fingerprint density at radius 1 is 1.35 bits per heavy atom. The highest BCUT2D eigenvalue weighted by atomic mass is 35.5. The minimum Gasteiger partial charge on any atom is -0.493 e. The van der Waals surface area contributed by atoms with Crippen LogP contribution in [0.5, 0.6) is 11.5 Å². The fraction of sp³-hybridized carbons (Fsp3) is 0.286. The first kappa shape index (κ1) is 17.1. The van der Waals surface area contributed by atoms with Crippen LogP contribution in [0, 0.1) is 0 Å². The van der Waals surface area contributed by atoms with Crippen molar-refractivity contribution < 1.29 is 9.47 Å². The third kappa shape index (κ3) is 4.28. The molecular formula is C14H17Cl2NO2S. The zero-order valence-electron chi connectivity index (χ0n) is 11.3. The molecule has 0 saturated carbocycles. The molecule has 0 aliphatic rings. The molecule has 1 aromatic heterocycles. The molecule has 2 aromatic rings. The van der Waals surface area contributed by atoms with Gasteiger partial charge in [-0.3, -0.25) is 0 Å². The van der Waals surface area contributed by atoms with Crippen LogP contribution in [0.1, 0.15) is 10.4 Å². The van der Waals surface area contributed by atoms with Crippen molar-refractivity contribution in [1.29, 1.82) is 0 Å². The third-order valence-electron chi connectivity index (χ3n) is 2.61. The number of nitrogens with one attached hydrogen (secondary N) is 1. The second-order valence-corrected chi connectivity index (χ2v) is 5.45. The standard InChI is InChI=1S/C14H16ClNO2S.ClH/c1-16-8-10-6-12(15)14(13(7-10)17-2)18-9-11-4-3-5-19-11;/h3-7,16H,8-9H2,1-2H3;1H. The van der Waals surface area contributed by atoms with Crippen molar-refractivity contribution in [2.24, 2.45) is 0 Å². The lowest BCUT2D eigenvalue weighted by molar-refractivity contribution is 0.287. The zero-order chi connectivity index (χ0) is 13.7. The maximum absolute atomic E-state index is 6.26. The molecule has 110 valence electrons. The topological polar surface area (TPSA) is 30.5 Å². The highest BCUT2D eigenvalue weighted by molar-refractivity contribution is 7.09. The Morgan fingerprint density at radius 2 is 2.15 bits per heavy atom. The number of benzene rings is 1. The summed E-state index contributed by atoms with van der Waals surface area (Å²) in [5, 5.41) is 5.67. The summed E-state index contributed by atoms with van der Waals surface area (Å²) in [6, 6.07) is 7.86. The fourth-order valence-corrected chi connectivity index (χ4v) is 2.66. The van der Waals surface area contributed by atoms with Gasteiger partial charge in [-0.2, -0.15) is 0 Å². The highest BCUT2D eigenvalue weighted by Crippen LogP contribution is 2.37. The van der Waals surface area contributed by atoms with Crippen molar-refractivity contribution in [3.8, 4) is 11.5 Å². The number of halogens is 2. The second kappa shape index (κ2) is 8.37. The van der Waals surface area contributed by atoms with E-state index in [2.05, 4.69) is 5.32 Å².